The van der Waals surface area contributed by atoms with Gasteiger partial charge in [0, 0.05) is 25.0 Å². The van der Waals surface area contributed by atoms with Crippen molar-refractivity contribution >= 4 is 0 Å². The second-order valence-electron chi connectivity index (χ2n) is 4.22. The van der Waals surface area contributed by atoms with Crippen molar-refractivity contribution in [3.63, 3.8) is 0 Å². The van der Waals surface area contributed by atoms with Gasteiger partial charge in [-0.2, -0.15) is 0 Å². The van der Waals surface area contributed by atoms with Gasteiger partial charge in [0.25, 0.3) is 0 Å². The van der Waals surface area contributed by atoms with Gasteiger partial charge in [-0.15, -0.1) is 0 Å². The minimum Gasteiger partial charge on any atom is -0.310 e. The molecule has 78 valence electrons. The first kappa shape index (κ1) is 11.2. The Morgan fingerprint density at radius 3 is 2.64 bits per heavy atom. The summed E-state index contributed by atoms with van der Waals surface area (Å²) in [6.07, 6.45) is 3.78. The third-order valence-corrected chi connectivity index (χ3v) is 2.76. The Morgan fingerprint density at radius 1 is 1.36 bits per heavy atom. The van der Waals surface area contributed by atoms with Crippen LogP contribution in [0.4, 0.5) is 0 Å². The lowest BCUT2D eigenvalue weighted by atomic mass is 10.1. The summed E-state index contributed by atoms with van der Waals surface area (Å²) in [6.45, 7) is 9.72. The van der Waals surface area contributed by atoms with E-state index in [9.17, 15) is 0 Å². The van der Waals surface area contributed by atoms with Gasteiger partial charge in [0.1, 0.15) is 0 Å². The molecule has 1 unspecified atom stereocenters. The van der Waals surface area contributed by atoms with Gasteiger partial charge in [0.05, 0.1) is 0 Å². The highest BCUT2D eigenvalue weighted by atomic mass is 14.9. The number of aromatic nitrogens is 1. The Morgan fingerprint density at radius 2 is 2.07 bits per heavy atom. The van der Waals surface area contributed by atoms with Crippen LogP contribution in [0.2, 0.25) is 0 Å². The van der Waals surface area contributed by atoms with E-state index < -0.39 is 0 Å². The van der Waals surface area contributed by atoms with Crippen molar-refractivity contribution in [1.29, 1.82) is 0 Å². The van der Waals surface area contributed by atoms with Crippen LogP contribution < -0.4 is 5.32 Å². The van der Waals surface area contributed by atoms with Crippen LogP contribution in [0, 0.1) is 12.8 Å². The molecule has 14 heavy (non-hydrogen) atoms. The first-order valence-corrected chi connectivity index (χ1v) is 5.24. The summed E-state index contributed by atoms with van der Waals surface area (Å²) in [7, 11) is 0. The predicted molar refractivity (Wildman–Crippen MR) is 60.1 cm³/mol. The zero-order chi connectivity index (χ0) is 10.6. The average Bonchev–Trinajstić information content (AvgIpc) is 2.16. The molecule has 1 aromatic heterocycles. The molecule has 0 saturated heterocycles. The largest absolute Gasteiger partial charge is 0.310 e. The fraction of sp³-hybridized carbons (Fsp3) is 0.583. The minimum absolute atomic E-state index is 0.551. The Bertz CT molecular complexity index is 281. The standard InChI is InChI=1S/C12H20N2/c1-9(2)11(4)14-8-12-7-13-6-5-10(12)3/h5-7,9,11,14H,8H2,1-4H3. The third-order valence-electron chi connectivity index (χ3n) is 2.76. The van der Waals surface area contributed by atoms with Crippen molar-refractivity contribution in [2.24, 2.45) is 5.92 Å². The van der Waals surface area contributed by atoms with Crippen LogP contribution in [0.1, 0.15) is 31.9 Å². The van der Waals surface area contributed by atoms with Gasteiger partial charge in [-0.3, -0.25) is 4.98 Å². The van der Waals surface area contributed by atoms with Crippen LogP contribution in [0.5, 0.6) is 0 Å². The Kier molecular flexibility index (Phi) is 4.08. The number of nitrogens with one attached hydrogen (secondary N) is 1. The Hall–Kier alpha value is -0.890. The molecule has 0 bridgehead atoms. The van der Waals surface area contributed by atoms with E-state index in [1.54, 1.807) is 0 Å². The van der Waals surface area contributed by atoms with E-state index in [4.69, 9.17) is 0 Å². The molecule has 1 N–H and O–H groups in total. The number of pyridine rings is 1. The van der Waals surface area contributed by atoms with E-state index in [1.807, 2.05) is 12.4 Å². The molecule has 2 nitrogen and oxygen atoms in total. The lowest BCUT2D eigenvalue weighted by Crippen LogP contribution is -2.30. The summed E-state index contributed by atoms with van der Waals surface area (Å²) in [5.74, 6) is 0.673. The summed E-state index contributed by atoms with van der Waals surface area (Å²) < 4.78 is 0. The second-order valence-corrected chi connectivity index (χ2v) is 4.22. The van der Waals surface area contributed by atoms with E-state index in [0.29, 0.717) is 12.0 Å². The fourth-order valence-electron chi connectivity index (χ4n) is 1.19. The van der Waals surface area contributed by atoms with Gasteiger partial charge in [0.15, 0.2) is 0 Å². The van der Waals surface area contributed by atoms with Crippen LogP contribution in [0.25, 0.3) is 0 Å². The molecular weight excluding hydrogens is 172 g/mol. The van der Waals surface area contributed by atoms with E-state index in [2.05, 4.69) is 44.1 Å². The summed E-state index contributed by atoms with van der Waals surface area (Å²) >= 11 is 0. The molecule has 0 aromatic carbocycles. The van der Waals surface area contributed by atoms with E-state index in [0.717, 1.165) is 6.54 Å². The third kappa shape index (κ3) is 3.11. The van der Waals surface area contributed by atoms with Gasteiger partial charge < -0.3 is 5.32 Å². The maximum Gasteiger partial charge on any atom is 0.0315 e. The summed E-state index contributed by atoms with van der Waals surface area (Å²) in [5.41, 5.74) is 2.60. The minimum atomic E-state index is 0.551. The summed E-state index contributed by atoms with van der Waals surface area (Å²) in [4.78, 5) is 4.13. The highest BCUT2D eigenvalue weighted by molar-refractivity contribution is 5.21. The molecule has 0 aliphatic rings. The van der Waals surface area contributed by atoms with Gasteiger partial charge in [-0.1, -0.05) is 13.8 Å². The molecule has 0 spiro atoms. The van der Waals surface area contributed by atoms with Crippen molar-refractivity contribution in [1.82, 2.24) is 10.3 Å². The smallest absolute Gasteiger partial charge is 0.0315 e. The van der Waals surface area contributed by atoms with Gasteiger partial charge in [0.2, 0.25) is 0 Å². The van der Waals surface area contributed by atoms with Crippen LogP contribution in [0.15, 0.2) is 18.5 Å². The molecule has 0 radical (unpaired) electrons. The molecule has 1 heterocycles. The van der Waals surface area contributed by atoms with Crippen LogP contribution in [-0.2, 0) is 6.54 Å². The topological polar surface area (TPSA) is 24.9 Å². The molecule has 1 aromatic rings. The number of nitrogens with zero attached hydrogens (tertiary/aromatic N) is 1. The first-order chi connectivity index (χ1) is 6.61. The van der Waals surface area contributed by atoms with Gasteiger partial charge in [-0.05, 0) is 37.0 Å². The van der Waals surface area contributed by atoms with Crippen molar-refractivity contribution < 1.29 is 0 Å². The van der Waals surface area contributed by atoms with E-state index in [-0.39, 0.29) is 0 Å². The quantitative estimate of drug-likeness (QED) is 0.793. The molecule has 1 atom stereocenters. The molecule has 0 aliphatic heterocycles. The second kappa shape index (κ2) is 5.11. The predicted octanol–water partition coefficient (Wildman–Crippen LogP) is 2.52. The van der Waals surface area contributed by atoms with E-state index in [1.165, 1.54) is 11.1 Å². The zero-order valence-corrected chi connectivity index (χ0v) is 9.54. The normalized spacial score (nSPS) is 13.2. The maximum atomic E-state index is 4.13. The van der Waals surface area contributed by atoms with Gasteiger partial charge >= 0.3 is 0 Å². The average molecular weight is 192 g/mol. The molecule has 1 rings (SSSR count). The number of rotatable bonds is 4. The number of hydrogen-bond acceptors (Lipinski definition) is 2. The monoisotopic (exact) mass is 192 g/mol. The zero-order valence-electron chi connectivity index (χ0n) is 9.54. The lowest BCUT2D eigenvalue weighted by molar-refractivity contribution is 0.425. The molecule has 0 amide bonds. The van der Waals surface area contributed by atoms with Crippen LogP contribution in [0.3, 0.4) is 0 Å². The molecular formula is C12H20N2. The highest BCUT2D eigenvalue weighted by Crippen LogP contribution is 2.06. The lowest BCUT2D eigenvalue weighted by Gasteiger charge is -2.17. The van der Waals surface area contributed by atoms with Gasteiger partial charge in [-0.25, -0.2) is 0 Å². The Labute approximate surface area is 86.8 Å². The molecule has 0 fully saturated rings. The van der Waals surface area contributed by atoms with Crippen molar-refractivity contribution in [2.75, 3.05) is 0 Å². The Balaban J connectivity index is 2.50. The summed E-state index contributed by atoms with van der Waals surface area (Å²) in [5, 5.41) is 3.50. The van der Waals surface area contributed by atoms with Crippen molar-refractivity contribution in [2.45, 2.75) is 40.3 Å². The fourth-order valence-corrected chi connectivity index (χ4v) is 1.19. The SMILES string of the molecule is Cc1ccncc1CNC(C)C(C)C. The van der Waals surface area contributed by atoms with E-state index >= 15 is 0 Å². The van der Waals surface area contributed by atoms with Crippen molar-refractivity contribution in [3.8, 4) is 0 Å². The molecule has 0 saturated carbocycles. The highest BCUT2D eigenvalue weighted by Gasteiger charge is 2.06. The first-order valence-electron chi connectivity index (χ1n) is 5.24. The summed E-state index contributed by atoms with van der Waals surface area (Å²) in [6, 6.07) is 2.60. The number of hydrogen-bond donors (Lipinski definition) is 1. The van der Waals surface area contributed by atoms with Crippen LogP contribution >= 0.6 is 0 Å². The molecule has 2 heteroatoms. The maximum absolute atomic E-state index is 4.13. The number of aryl methyl sites for hydroxylation is 1. The van der Waals surface area contributed by atoms with Crippen LogP contribution in [-0.4, -0.2) is 11.0 Å². The molecule has 0 aliphatic carbocycles. The van der Waals surface area contributed by atoms with Crippen molar-refractivity contribution in [3.05, 3.63) is 29.6 Å².